The topological polar surface area (TPSA) is 98.2 Å². The highest BCUT2D eigenvalue weighted by atomic mass is 16.2. The lowest BCUT2D eigenvalue weighted by atomic mass is 9.85. The Morgan fingerprint density at radius 3 is 1.57 bits per heavy atom. The quantitative estimate of drug-likeness (QED) is 0.195. The third kappa shape index (κ3) is 25.6. The molecule has 0 saturated carbocycles. The van der Waals surface area contributed by atoms with Crippen molar-refractivity contribution < 1.29 is 24.3 Å². The van der Waals surface area contributed by atoms with E-state index in [0.717, 1.165) is 51.7 Å². The summed E-state index contributed by atoms with van der Waals surface area (Å²) in [5.74, 6) is 2.21. The van der Waals surface area contributed by atoms with Gasteiger partial charge < -0.3 is 19.8 Å². The van der Waals surface area contributed by atoms with Crippen molar-refractivity contribution in [2.75, 3.05) is 27.7 Å². The van der Waals surface area contributed by atoms with E-state index in [2.05, 4.69) is 67.2 Å². The van der Waals surface area contributed by atoms with E-state index < -0.39 is 0 Å². The van der Waals surface area contributed by atoms with Gasteiger partial charge in [-0.2, -0.15) is 0 Å². The lowest BCUT2D eigenvalue weighted by Gasteiger charge is -2.37. The van der Waals surface area contributed by atoms with Gasteiger partial charge in [0.2, 0.25) is 17.7 Å². The third-order valence-electron chi connectivity index (χ3n) is 8.76. The molecule has 1 rings (SSSR count). The van der Waals surface area contributed by atoms with E-state index in [1.165, 1.54) is 12.8 Å². The van der Waals surface area contributed by atoms with Crippen molar-refractivity contribution in [2.45, 2.75) is 193 Å². The average molecular weight is 702 g/mol. The van der Waals surface area contributed by atoms with Gasteiger partial charge in [0.1, 0.15) is 0 Å². The number of hydrogen-bond donors (Lipinski definition) is 1. The standard InChI is InChI=1S/C19H36N2O2.C11H21NO2.C5H12.C3H8.C2H6.CH4O/c1-7-14(4)19(20(6)17(22)9-3)15(5)13-18(23)21-12-10-11-16(21)8-2;1-6-7-10(14)12(5)11(8(2)3)9(4)13;1-4-5(2)3;1-3-2;2*1-2/h14-16,19H,7-13H2,1-6H3;8,11H,6-7H2,1-5H3;5H,4H2,1-3H3;3H2,1-2H3;1-2H3;2H,1H3. The van der Waals surface area contributed by atoms with Crippen LogP contribution in [0.15, 0.2) is 0 Å². The zero-order valence-electron chi connectivity index (χ0n) is 36.2. The van der Waals surface area contributed by atoms with Gasteiger partial charge in [0.25, 0.3) is 0 Å². The van der Waals surface area contributed by atoms with Crippen molar-refractivity contribution in [1.82, 2.24) is 14.7 Å². The van der Waals surface area contributed by atoms with Crippen LogP contribution in [0.3, 0.4) is 0 Å². The number of nitrogens with zero attached hydrogens (tertiary/aromatic N) is 3. The fraction of sp³-hybridized carbons (Fsp3) is 0.902. The molecule has 49 heavy (non-hydrogen) atoms. The van der Waals surface area contributed by atoms with Crippen LogP contribution in [0, 0.1) is 23.7 Å². The molecule has 1 aliphatic rings. The normalized spacial score (nSPS) is 15.5. The number of Topliss-reactive ketones (excluding diaryl/α,β-unsaturated/α-hetero) is 1. The molecule has 5 unspecified atom stereocenters. The van der Waals surface area contributed by atoms with Crippen molar-refractivity contribution in [3.8, 4) is 0 Å². The Balaban J connectivity index is -0.000000210. The molecule has 0 bridgehead atoms. The second-order valence-corrected chi connectivity index (χ2v) is 13.8. The fourth-order valence-electron chi connectivity index (χ4n) is 5.82. The van der Waals surface area contributed by atoms with Crippen LogP contribution in [-0.2, 0) is 19.2 Å². The predicted molar refractivity (Wildman–Crippen MR) is 213 cm³/mol. The molecule has 1 heterocycles. The number of likely N-dealkylation sites (tertiary alicyclic amines) is 1. The molecule has 0 aromatic carbocycles. The summed E-state index contributed by atoms with van der Waals surface area (Å²) in [4.78, 5) is 53.3. The summed E-state index contributed by atoms with van der Waals surface area (Å²) in [6.45, 7) is 33.8. The van der Waals surface area contributed by atoms with E-state index in [9.17, 15) is 19.2 Å². The molecular weight excluding hydrogens is 614 g/mol. The van der Waals surface area contributed by atoms with Crippen LogP contribution in [0.5, 0.6) is 0 Å². The van der Waals surface area contributed by atoms with Gasteiger partial charge in [0, 0.05) is 59.1 Å². The Morgan fingerprint density at radius 1 is 0.776 bits per heavy atom. The van der Waals surface area contributed by atoms with Gasteiger partial charge >= 0.3 is 0 Å². The molecule has 1 fully saturated rings. The molecule has 0 spiro atoms. The fourth-order valence-corrected chi connectivity index (χ4v) is 5.82. The number of rotatable bonds is 14. The molecule has 0 aliphatic carbocycles. The number of aliphatic hydroxyl groups excluding tert-OH is 1. The first-order valence-electron chi connectivity index (χ1n) is 19.7. The second kappa shape index (κ2) is 35.9. The maximum Gasteiger partial charge on any atom is 0.223 e. The van der Waals surface area contributed by atoms with Gasteiger partial charge in [0.05, 0.1) is 6.04 Å². The van der Waals surface area contributed by atoms with Crippen LogP contribution in [0.25, 0.3) is 0 Å². The first-order valence-corrected chi connectivity index (χ1v) is 19.7. The highest BCUT2D eigenvalue weighted by Crippen LogP contribution is 2.27. The number of aliphatic hydroxyl groups is 1. The largest absolute Gasteiger partial charge is 0.400 e. The van der Waals surface area contributed by atoms with E-state index in [1.54, 1.807) is 18.9 Å². The van der Waals surface area contributed by atoms with Gasteiger partial charge in [0.15, 0.2) is 5.78 Å². The lowest BCUT2D eigenvalue weighted by molar-refractivity contribution is -0.138. The van der Waals surface area contributed by atoms with Gasteiger partial charge in [-0.1, -0.05) is 123 Å². The van der Waals surface area contributed by atoms with Gasteiger partial charge in [-0.15, -0.1) is 0 Å². The highest BCUT2D eigenvalue weighted by molar-refractivity contribution is 5.87. The maximum atomic E-state index is 12.7. The van der Waals surface area contributed by atoms with E-state index in [4.69, 9.17) is 5.11 Å². The summed E-state index contributed by atoms with van der Waals surface area (Å²) < 4.78 is 0. The minimum absolute atomic E-state index is 0.0569. The third-order valence-corrected chi connectivity index (χ3v) is 8.76. The van der Waals surface area contributed by atoms with E-state index in [0.29, 0.717) is 31.2 Å². The SMILES string of the molecule is CC.CCC.CCC(=O)N(C)C(C(C)CC)C(C)CC(=O)N1CCCC1CC.CCC(C)C.CCCC(=O)N(C)C(C(C)=O)C(C)C.CO. The summed E-state index contributed by atoms with van der Waals surface area (Å²) in [6, 6.07) is 0.292. The smallest absolute Gasteiger partial charge is 0.223 e. The molecule has 8 nitrogen and oxygen atoms in total. The first kappa shape index (κ1) is 56.4. The zero-order chi connectivity index (χ0) is 39.9. The first-order chi connectivity index (χ1) is 23.0. The monoisotopic (exact) mass is 702 g/mol. The second-order valence-electron chi connectivity index (χ2n) is 13.8. The molecule has 0 radical (unpaired) electrons. The number of ketones is 1. The molecule has 3 amide bonds. The van der Waals surface area contributed by atoms with Crippen LogP contribution in [-0.4, -0.2) is 89.2 Å². The Kier molecular flexibility index (Phi) is 41.3. The number of likely N-dealkylation sites (N-methyl/N-ethyl adjacent to an activating group) is 1. The van der Waals surface area contributed by atoms with Crippen molar-refractivity contribution in [1.29, 1.82) is 0 Å². The summed E-state index contributed by atoms with van der Waals surface area (Å²) >= 11 is 0. The number of amides is 3. The minimum Gasteiger partial charge on any atom is -0.400 e. The van der Waals surface area contributed by atoms with Crippen LogP contribution in [0.2, 0.25) is 0 Å². The summed E-state index contributed by atoms with van der Waals surface area (Å²) in [7, 11) is 4.61. The van der Waals surface area contributed by atoms with Crippen LogP contribution in [0.4, 0.5) is 0 Å². The lowest BCUT2D eigenvalue weighted by Crippen LogP contribution is -2.46. The Hall–Kier alpha value is -1.96. The van der Waals surface area contributed by atoms with Crippen molar-refractivity contribution >= 4 is 23.5 Å². The highest BCUT2D eigenvalue weighted by Gasteiger charge is 2.33. The van der Waals surface area contributed by atoms with E-state index >= 15 is 0 Å². The summed E-state index contributed by atoms with van der Waals surface area (Å²) in [5, 5.41) is 7.00. The van der Waals surface area contributed by atoms with Gasteiger partial charge in [-0.3, -0.25) is 19.2 Å². The Morgan fingerprint density at radius 2 is 1.24 bits per heavy atom. The van der Waals surface area contributed by atoms with Crippen molar-refractivity contribution in [3.63, 3.8) is 0 Å². The van der Waals surface area contributed by atoms with E-state index in [1.807, 2.05) is 53.5 Å². The molecule has 1 N–H and O–H groups in total. The molecule has 1 aliphatic heterocycles. The molecule has 0 aromatic rings. The summed E-state index contributed by atoms with van der Waals surface area (Å²) in [5.41, 5.74) is 0. The van der Waals surface area contributed by atoms with Crippen LogP contribution >= 0.6 is 0 Å². The molecule has 8 heteroatoms. The molecule has 1 saturated heterocycles. The maximum absolute atomic E-state index is 12.7. The summed E-state index contributed by atoms with van der Waals surface area (Å²) in [6.07, 6.45) is 9.30. The molecular formula is C41H87N3O5. The molecule has 5 atom stereocenters. The minimum atomic E-state index is -0.269. The van der Waals surface area contributed by atoms with Gasteiger partial charge in [-0.05, 0) is 56.3 Å². The number of carbonyl (C=O) groups is 4. The predicted octanol–water partition coefficient (Wildman–Crippen LogP) is 9.66. The molecule has 296 valence electrons. The number of carbonyl (C=O) groups excluding carboxylic acids is 4. The van der Waals surface area contributed by atoms with Crippen molar-refractivity contribution in [3.05, 3.63) is 0 Å². The molecule has 0 aromatic heterocycles. The van der Waals surface area contributed by atoms with Crippen molar-refractivity contribution in [2.24, 2.45) is 23.7 Å². The average Bonchev–Trinajstić information content (AvgIpc) is 3.56. The van der Waals surface area contributed by atoms with Gasteiger partial charge in [-0.25, -0.2) is 0 Å². The number of hydrogen-bond acceptors (Lipinski definition) is 5. The van der Waals surface area contributed by atoms with E-state index in [-0.39, 0.29) is 47.4 Å². The zero-order valence-corrected chi connectivity index (χ0v) is 36.2. The van der Waals surface area contributed by atoms with Crippen LogP contribution in [0.1, 0.15) is 175 Å². The Bertz CT molecular complexity index is 802. The van der Waals surface area contributed by atoms with Crippen LogP contribution < -0.4 is 0 Å². The Labute approximate surface area is 306 Å².